The maximum atomic E-state index is 12.7. The molecule has 1 aliphatic rings. The monoisotopic (exact) mass is 302 g/mol. The van der Waals surface area contributed by atoms with Gasteiger partial charge >= 0.3 is 12.0 Å². The van der Waals surface area contributed by atoms with Crippen molar-refractivity contribution in [2.75, 3.05) is 12.8 Å². The van der Waals surface area contributed by atoms with Crippen LogP contribution in [0.15, 0.2) is 0 Å². The van der Waals surface area contributed by atoms with E-state index in [1.165, 1.54) is 0 Å². The highest BCUT2D eigenvalue weighted by Gasteiger charge is 2.44. The molecule has 1 rings (SSSR count). The number of hydrogen-bond acceptors (Lipinski definition) is 3. The summed E-state index contributed by atoms with van der Waals surface area (Å²) in [6.45, 7) is 8.08. The third kappa shape index (κ3) is 3.40. The summed E-state index contributed by atoms with van der Waals surface area (Å²) in [5.41, 5.74) is -0.274. The van der Waals surface area contributed by atoms with E-state index in [2.05, 4.69) is 6.92 Å². The molecule has 0 radical (unpaired) electrons. The molecule has 0 spiro atoms. The SMILES string of the molecule is CCCC1SCC(C(=O)O)N1C(=O)N(C)C(C)(C)CC. The second kappa shape index (κ2) is 6.70. The number of carboxylic acid groups (broad SMARTS) is 1. The second-order valence-corrected chi connectivity index (χ2v) is 7.06. The van der Waals surface area contributed by atoms with Gasteiger partial charge in [0.05, 0.1) is 5.37 Å². The zero-order chi connectivity index (χ0) is 15.5. The largest absolute Gasteiger partial charge is 0.480 e. The van der Waals surface area contributed by atoms with Gasteiger partial charge in [-0.1, -0.05) is 20.3 Å². The number of carboxylic acids is 1. The molecule has 0 saturated carbocycles. The van der Waals surface area contributed by atoms with Gasteiger partial charge in [-0.15, -0.1) is 11.8 Å². The van der Waals surface area contributed by atoms with Crippen molar-refractivity contribution in [1.82, 2.24) is 9.80 Å². The number of amides is 2. The minimum absolute atomic E-state index is 0.0243. The van der Waals surface area contributed by atoms with Gasteiger partial charge in [-0.3, -0.25) is 4.90 Å². The minimum Gasteiger partial charge on any atom is -0.480 e. The summed E-state index contributed by atoms with van der Waals surface area (Å²) in [6, 6.07) is -0.883. The Balaban J connectivity index is 2.97. The molecule has 2 unspecified atom stereocenters. The summed E-state index contributed by atoms with van der Waals surface area (Å²) in [4.78, 5) is 27.3. The molecule has 2 atom stereocenters. The average molecular weight is 302 g/mol. The van der Waals surface area contributed by atoms with Crippen molar-refractivity contribution in [3.8, 4) is 0 Å². The van der Waals surface area contributed by atoms with Gasteiger partial charge in [0, 0.05) is 18.3 Å². The Bertz CT molecular complexity index is 373. The van der Waals surface area contributed by atoms with Gasteiger partial charge in [-0.05, 0) is 26.7 Å². The van der Waals surface area contributed by atoms with E-state index in [-0.39, 0.29) is 16.9 Å². The summed E-state index contributed by atoms with van der Waals surface area (Å²) in [5.74, 6) is -0.432. The van der Waals surface area contributed by atoms with Crippen molar-refractivity contribution in [1.29, 1.82) is 0 Å². The number of urea groups is 1. The van der Waals surface area contributed by atoms with Crippen molar-refractivity contribution in [3.63, 3.8) is 0 Å². The first-order valence-electron chi connectivity index (χ1n) is 7.16. The highest BCUT2D eigenvalue weighted by atomic mass is 32.2. The maximum Gasteiger partial charge on any atom is 0.327 e. The summed E-state index contributed by atoms with van der Waals surface area (Å²) >= 11 is 1.57. The van der Waals surface area contributed by atoms with Crippen LogP contribution in [-0.4, -0.2) is 56.7 Å². The fourth-order valence-electron chi connectivity index (χ4n) is 2.15. The van der Waals surface area contributed by atoms with Gasteiger partial charge < -0.3 is 10.0 Å². The third-order valence-corrected chi connectivity index (χ3v) is 5.55. The molecule has 1 saturated heterocycles. The maximum absolute atomic E-state index is 12.7. The number of carbonyl (C=O) groups is 2. The standard InChI is InChI=1S/C14H26N2O3S/c1-6-8-11-16(10(9-20-11)12(17)18)13(19)15(5)14(3,4)7-2/h10-11H,6-9H2,1-5H3,(H,17,18). The first-order valence-corrected chi connectivity index (χ1v) is 8.21. The van der Waals surface area contributed by atoms with Crippen LogP contribution in [0, 0.1) is 0 Å². The zero-order valence-electron chi connectivity index (χ0n) is 13.0. The average Bonchev–Trinajstić information content (AvgIpc) is 2.81. The fraction of sp³-hybridized carbons (Fsp3) is 0.857. The van der Waals surface area contributed by atoms with E-state index in [0.29, 0.717) is 5.75 Å². The number of rotatable bonds is 5. The van der Waals surface area contributed by atoms with E-state index in [4.69, 9.17) is 0 Å². The molecule has 0 aliphatic carbocycles. The zero-order valence-corrected chi connectivity index (χ0v) is 13.9. The number of thioether (sulfide) groups is 1. The molecule has 0 aromatic carbocycles. The quantitative estimate of drug-likeness (QED) is 0.848. The van der Waals surface area contributed by atoms with E-state index in [9.17, 15) is 14.7 Å². The number of aliphatic carboxylic acids is 1. The summed E-state index contributed by atoms with van der Waals surface area (Å²) in [6.07, 6.45) is 2.60. The van der Waals surface area contributed by atoms with Crippen molar-refractivity contribution < 1.29 is 14.7 Å². The predicted octanol–water partition coefficient (Wildman–Crippen LogP) is 2.86. The van der Waals surface area contributed by atoms with Gasteiger partial charge in [0.25, 0.3) is 0 Å². The molecule has 1 N–H and O–H groups in total. The lowest BCUT2D eigenvalue weighted by Gasteiger charge is -2.39. The molecule has 0 aromatic heterocycles. The van der Waals surface area contributed by atoms with Crippen LogP contribution in [0.1, 0.15) is 47.0 Å². The molecule has 20 heavy (non-hydrogen) atoms. The molecule has 0 bridgehead atoms. The minimum atomic E-state index is -0.910. The van der Waals surface area contributed by atoms with E-state index in [1.54, 1.807) is 28.6 Å². The van der Waals surface area contributed by atoms with Crippen molar-refractivity contribution in [3.05, 3.63) is 0 Å². The van der Waals surface area contributed by atoms with Gasteiger partial charge in [-0.2, -0.15) is 0 Å². The summed E-state index contributed by atoms with van der Waals surface area (Å²) < 4.78 is 0. The third-order valence-electron chi connectivity index (χ3n) is 4.19. The van der Waals surface area contributed by atoms with Crippen LogP contribution in [0.5, 0.6) is 0 Å². The number of nitrogens with zero attached hydrogens (tertiary/aromatic N) is 2. The summed E-state index contributed by atoms with van der Waals surface area (Å²) in [7, 11) is 1.76. The molecule has 1 aliphatic heterocycles. The highest BCUT2D eigenvalue weighted by molar-refractivity contribution is 8.00. The predicted molar refractivity (Wildman–Crippen MR) is 81.9 cm³/mol. The van der Waals surface area contributed by atoms with Gasteiger partial charge in [-0.25, -0.2) is 9.59 Å². The van der Waals surface area contributed by atoms with Gasteiger partial charge in [0.1, 0.15) is 6.04 Å². The Kier molecular flexibility index (Phi) is 5.74. The van der Waals surface area contributed by atoms with E-state index < -0.39 is 12.0 Å². The molecule has 1 heterocycles. The van der Waals surface area contributed by atoms with Crippen LogP contribution in [0.25, 0.3) is 0 Å². The van der Waals surface area contributed by atoms with Crippen LogP contribution in [-0.2, 0) is 4.79 Å². The highest BCUT2D eigenvalue weighted by Crippen LogP contribution is 2.34. The topological polar surface area (TPSA) is 60.9 Å². The lowest BCUT2D eigenvalue weighted by atomic mass is 10.0. The number of hydrogen-bond donors (Lipinski definition) is 1. The fourth-order valence-corrected chi connectivity index (χ4v) is 3.66. The van der Waals surface area contributed by atoms with Crippen molar-refractivity contribution in [2.24, 2.45) is 0 Å². The molecule has 0 aromatic rings. The Morgan fingerprint density at radius 1 is 1.40 bits per heavy atom. The van der Waals surface area contributed by atoms with Crippen LogP contribution in [0.3, 0.4) is 0 Å². The van der Waals surface area contributed by atoms with E-state index >= 15 is 0 Å². The summed E-state index contributed by atoms with van der Waals surface area (Å²) in [5, 5.41) is 9.31. The van der Waals surface area contributed by atoms with E-state index in [0.717, 1.165) is 19.3 Å². The Morgan fingerprint density at radius 3 is 2.45 bits per heavy atom. The first-order chi connectivity index (χ1) is 9.26. The molecular formula is C14H26N2O3S. The first kappa shape index (κ1) is 17.1. The molecule has 116 valence electrons. The molecule has 1 fully saturated rings. The van der Waals surface area contributed by atoms with Gasteiger partial charge in [0.2, 0.25) is 0 Å². The van der Waals surface area contributed by atoms with Crippen molar-refractivity contribution >= 4 is 23.8 Å². The Morgan fingerprint density at radius 2 is 2.00 bits per heavy atom. The Labute approximate surface area is 125 Å². The second-order valence-electron chi connectivity index (χ2n) is 5.85. The van der Waals surface area contributed by atoms with Crippen LogP contribution in [0.2, 0.25) is 0 Å². The van der Waals surface area contributed by atoms with Gasteiger partial charge in [0.15, 0.2) is 0 Å². The smallest absolute Gasteiger partial charge is 0.327 e. The molecule has 6 heteroatoms. The normalized spacial score (nSPS) is 22.9. The van der Waals surface area contributed by atoms with Crippen LogP contribution in [0.4, 0.5) is 4.79 Å². The molecular weight excluding hydrogens is 276 g/mol. The van der Waals surface area contributed by atoms with Crippen LogP contribution < -0.4 is 0 Å². The number of carbonyl (C=O) groups excluding carboxylic acids is 1. The lowest BCUT2D eigenvalue weighted by Crippen LogP contribution is -2.55. The Hall–Kier alpha value is -0.910. The molecule has 5 nitrogen and oxygen atoms in total. The van der Waals surface area contributed by atoms with E-state index in [1.807, 2.05) is 20.8 Å². The van der Waals surface area contributed by atoms with Crippen molar-refractivity contribution in [2.45, 2.75) is 63.9 Å². The lowest BCUT2D eigenvalue weighted by molar-refractivity contribution is -0.141. The van der Waals surface area contributed by atoms with Crippen LogP contribution >= 0.6 is 11.8 Å². The molecule has 2 amide bonds.